The van der Waals surface area contributed by atoms with Crippen molar-refractivity contribution in [3.63, 3.8) is 0 Å². The first-order valence-corrected chi connectivity index (χ1v) is 8.35. The zero-order valence-electron chi connectivity index (χ0n) is 14.4. The minimum atomic E-state index is -4.62. The summed E-state index contributed by atoms with van der Waals surface area (Å²) in [6.45, 7) is 1.82. The van der Waals surface area contributed by atoms with Crippen LogP contribution in [-0.2, 0) is 22.3 Å². The molecule has 1 heterocycles. The first kappa shape index (κ1) is 20.7. The van der Waals surface area contributed by atoms with E-state index in [2.05, 4.69) is 10.3 Å². The summed E-state index contributed by atoms with van der Waals surface area (Å²) in [5.41, 5.74) is -0.182. The van der Waals surface area contributed by atoms with E-state index >= 15 is 0 Å². The van der Waals surface area contributed by atoms with Crippen molar-refractivity contribution in [3.05, 3.63) is 58.9 Å². The van der Waals surface area contributed by atoms with Gasteiger partial charge in [0, 0.05) is 44.5 Å². The molecule has 9 heteroatoms. The van der Waals surface area contributed by atoms with Gasteiger partial charge >= 0.3 is 6.18 Å². The van der Waals surface area contributed by atoms with E-state index in [4.69, 9.17) is 11.6 Å². The van der Waals surface area contributed by atoms with Gasteiger partial charge in [-0.15, -0.1) is 0 Å². The van der Waals surface area contributed by atoms with Crippen molar-refractivity contribution in [3.8, 4) is 0 Å². The fourth-order valence-electron chi connectivity index (χ4n) is 2.34. The Morgan fingerprint density at radius 2 is 1.85 bits per heavy atom. The lowest BCUT2D eigenvalue weighted by Gasteiger charge is -2.21. The molecule has 1 aromatic carbocycles. The van der Waals surface area contributed by atoms with Crippen molar-refractivity contribution in [2.75, 3.05) is 11.9 Å². The lowest BCUT2D eigenvalue weighted by atomic mass is 10.2. The van der Waals surface area contributed by atoms with E-state index in [1.165, 1.54) is 17.9 Å². The predicted octanol–water partition coefficient (Wildman–Crippen LogP) is 4.13. The molecule has 0 aliphatic heterocycles. The number of nitrogens with one attached hydrogen (secondary N) is 1. The molecule has 1 aromatic heterocycles. The molecule has 2 aromatic rings. The molecule has 0 saturated carbocycles. The molecule has 0 unspecified atom stereocenters. The number of rotatable bonds is 6. The van der Waals surface area contributed by atoms with Crippen LogP contribution < -0.4 is 5.32 Å². The van der Waals surface area contributed by atoms with Gasteiger partial charge in [0.05, 0.1) is 10.6 Å². The van der Waals surface area contributed by atoms with Crippen molar-refractivity contribution in [2.45, 2.75) is 26.1 Å². The van der Waals surface area contributed by atoms with Crippen LogP contribution in [0.25, 0.3) is 0 Å². The van der Waals surface area contributed by atoms with Crippen molar-refractivity contribution in [1.82, 2.24) is 9.88 Å². The summed E-state index contributed by atoms with van der Waals surface area (Å²) >= 11 is 5.55. The zero-order chi connectivity index (χ0) is 20.0. The second-order valence-electron chi connectivity index (χ2n) is 5.79. The van der Waals surface area contributed by atoms with Gasteiger partial charge in [0.15, 0.2) is 0 Å². The molecule has 1 N–H and O–H groups in total. The molecule has 0 fully saturated rings. The Kier molecular flexibility index (Phi) is 6.79. The largest absolute Gasteiger partial charge is 0.417 e. The Balaban J connectivity index is 1.97. The first-order valence-electron chi connectivity index (χ1n) is 7.98. The van der Waals surface area contributed by atoms with Crippen LogP contribution in [0.2, 0.25) is 5.02 Å². The van der Waals surface area contributed by atoms with Crippen LogP contribution in [-0.4, -0.2) is 28.2 Å². The number of anilines is 1. The fraction of sp³-hybridized carbons (Fsp3) is 0.278. The SMILES string of the molecule is CC(=O)N(CCC(=O)Nc1ccc(Cl)c(C(F)(F)F)c1)Cc1ccncc1. The molecule has 2 rings (SSSR count). The third-order valence-corrected chi connectivity index (χ3v) is 4.06. The second kappa shape index (κ2) is 8.85. The van der Waals surface area contributed by atoms with Gasteiger partial charge in [-0.05, 0) is 35.9 Å². The van der Waals surface area contributed by atoms with Gasteiger partial charge in [0.25, 0.3) is 0 Å². The van der Waals surface area contributed by atoms with Crippen LogP contribution in [0.5, 0.6) is 0 Å². The highest BCUT2D eigenvalue weighted by Gasteiger charge is 2.33. The van der Waals surface area contributed by atoms with Crippen molar-refractivity contribution in [1.29, 1.82) is 0 Å². The Hall–Kier alpha value is -2.61. The lowest BCUT2D eigenvalue weighted by Crippen LogP contribution is -2.31. The lowest BCUT2D eigenvalue weighted by molar-refractivity contribution is -0.137. The molecule has 0 spiro atoms. The number of hydrogen-bond donors (Lipinski definition) is 1. The van der Waals surface area contributed by atoms with E-state index in [9.17, 15) is 22.8 Å². The van der Waals surface area contributed by atoms with Crippen LogP contribution in [0, 0.1) is 0 Å². The van der Waals surface area contributed by atoms with Crippen molar-refractivity contribution < 1.29 is 22.8 Å². The van der Waals surface area contributed by atoms with E-state index < -0.39 is 22.7 Å². The smallest absolute Gasteiger partial charge is 0.338 e. The van der Waals surface area contributed by atoms with Crippen LogP contribution >= 0.6 is 11.6 Å². The van der Waals surface area contributed by atoms with E-state index in [0.717, 1.165) is 17.7 Å². The van der Waals surface area contributed by atoms with Gasteiger partial charge in [-0.3, -0.25) is 14.6 Å². The fourth-order valence-corrected chi connectivity index (χ4v) is 2.56. The standard InChI is InChI=1S/C18H17ClF3N3O2/c1-12(26)25(11-13-4-7-23-8-5-13)9-6-17(27)24-14-2-3-16(19)15(10-14)18(20,21)22/h2-5,7-8,10H,6,9,11H2,1H3,(H,24,27). The minimum Gasteiger partial charge on any atom is -0.338 e. The number of hydrogen-bond acceptors (Lipinski definition) is 3. The second-order valence-corrected chi connectivity index (χ2v) is 6.19. The van der Waals surface area contributed by atoms with E-state index in [1.54, 1.807) is 24.5 Å². The average molecular weight is 400 g/mol. The Morgan fingerprint density at radius 3 is 2.44 bits per heavy atom. The number of aromatic nitrogens is 1. The number of benzene rings is 1. The maximum Gasteiger partial charge on any atom is 0.417 e. The highest BCUT2D eigenvalue weighted by molar-refractivity contribution is 6.31. The molecule has 0 bridgehead atoms. The third-order valence-electron chi connectivity index (χ3n) is 3.73. The molecule has 144 valence electrons. The summed E-state index contributed by atoms with van der Waals surface area (Å²) in [6, 6.07) is 6.64. The molecule has 0 atom stereocenters. The summed E-state index contributed by atoms with van der Waals surface area (Å²) in [5, 5.41) is 1.95. The van der Waals surface area contributed by atoms with E-state index in [-0.39, 0.29) is 24.6 Å². The van der Waals surface area contributed by atoms with Gasteiger partial charge in [-0.2, -0.15) is 13.2 Å². The average Bonchev–Trinajstić information content (AvgIpc) is 2.60. The zero-order valence-corrected chi connectivity index (χ0v) is 15.1. The molecule has 5 nitrogen and oxygen atoms in total. The highest BCUT2D eigenvalue weighted by Crippen LogP contribution is 2.36. The van der Waals surface area contributed by atoms with E-state index in [1.807, 2.05) is 0 Å². The van der Waals surface area contributed by atoms with Gasteiger partial charge in [0.2, 0.25) is 11.8 Å². The van der Waals surface area contributed by atoms with Crippen LogP contribution in [0.3, 0.4) is 0 Å². The molecule has 2 amide bonds. The number of alkyl halides is 3. The summed E-state index contributed by atoms with van der Waals surface area (Å²) < 4.78 is 38.6. The summed E-state index contributed by atoms with van der Waals surface area (Å²) in [4.78, 5) is 29.2. The maximum atomic E-state index is 12.9. The molecular weight excluding hydrogens is 383 g/mol. The number of pyridine rings is 1. The molecule has 0 saturated heterocycles. The number of halogens is 4. The third kappa shape index (κ3) is 6.25. The topological polar surface area (TPSA) is 62.3 Å². The number of amides is 2. The van der Waals surface area contributed by atoms with Crippen LogP contribution in [0.15, 0.2) is 42.7 Å². The summed E-state index contributed by atoms with van der Waals surface area (Å²) in [6.07, 6.45) is -1.49. The first-order chi connectivity index (χ1) is 12.7. The number of carbonyl (C=O) groups is 2. The highest BCUT2D eigenvalue weighted by atomic mass is 35.5. The minimum absolute atomic E-state index is 0.0137. The Morgan fingerprint density at radius 1 is 1.19 bits per heavy atom. The van der Waals surface area contributed by atoms with Crippen molar-refractivity contribution >= 4 is 29.1 Å². The molecular formula is C18H17ClF3N3O2. The molecule has 0 radical (unpaired) electrons. The summed E-state index contributed by atoms with van der Waals surface area (Å²) in [5.74, 6) is -0.725. The van der Waals surface area contributed by atoms with Gasteiger partial charge in [0.1, 0.15) is 0 Å². The molecule has 27 heavy (non-hydrogen) atoms. The van der Waals surface area contributed by atoms with Crippen molar-refractivity contribution in [2.24, 2.45) is 0 Å². The van der Waals surface area contributed by atoms with Crippen LogP contribution in [0.1, 0.15) is 24.5 Å². The van der Waals surface area contributed by atoms with Crippen LogP contribution in [0.4, 0.5) is 18.9 Å². The normalized spacial score (nSPS) is 11.1. The number of nitrogens with zero attached hydrogens (tertiary/aromatic N) is 2. The summed E-state index contributed by atoms with van der Waals surface area (Å²) in [7, 11) is 0. The van der Waals surface area contributed by atoms with Gasteiger partial charge in [-0.25, -0.2) is 0 Å². The van der Waals surface area contributed by atoms with Gasteiger partial charge in [-0.1, -0.05) is 11.6 Å². The van der Waals surface area contributed by atoms with E-state index in [0.29, 0.717) is 6.54 Å². The number of carbonyl (C=O) groups excluding carboxylic acids is 2. The predicted molar refractivity (Wildman–Crippen MR) is 95.0 cm³/mol. The Labute approximate surface area is 159 Å². The molecule has 0 aliphatic carbocycles. The van der Waals surface area contributed by atoms with Gasteiger partial charge < -0.3 is 10.2 Å². The Bertz CT molecular complexity index is 813. The monoisotopic (exact) mass is 399 g/mol. The maximum absolute atomic E-state index is 12.9. The molecule has 0 aliphatic rings. The quantitative estimate of drug-likeness (QED) is 0.794.